The van der Waals surface area contributed by atoms with E-state index in [0.29, 0.717) is 22.6 Å². The van der Waals surface area contributed by atoms with Crippen molar-refractivity contribution < 1.29 is 18.7 Å². The highest BCUT2D eigenvalue weighted by molar-refractivity contribution is 6.30. The van der Waals surface area contributed by atoms with E-state index in [-0.39, 0.29) is 23.0 Å². The second-order valence-corrected chi connectivity index (χ2v) is 7.59. The Bertz CT molecular complexity index is 955. The van der Waals surface area contributed by atoms with E-state index >= 15 is 0 Å². The van der Waals surface area contributed by atoms with Crippen LogP contribution >= 0.6 is 11.6 Å². The van der Waals surface area contributed by atoms with Crippen molar-refractivity contribution in [2.45, 2.75) is 27.4 Å². The van der Waals surface area contributed by atoms with Crippen LogP contribution in [-0.4, -0.2) is 12.9 Å². The topological polar surface area (TPSA) is 59.3 Å². The second-order valence-electron chi connectivity index (χ2n) is 7.18. The number of allylic oxidation sites excluding steroid dienone is 1. The molecule has 0 aliphatic heterocycles. The average molecular weight is 402 g/mol. The van der Waals surface area contributed by atoms with Gasteiger partial charge < -0.3 is 9.47 Å². The molecule has 2 aromatic carbocycles. The predicted molar refractivity (Wildman–Crippen MR) is 107 cm³/mol. The van der Waals surface area contributed by atoms with Gasteiger partial charge in [-0.1, -0.05) is 38.4 Å². The third-order valence-electron chi connectivity index (χ3n) is 3.95. The van der Waals surface area contributed by atoms with Gasteiger partial charge in [-0.05, 0) is 35.9 Å². The Morgan fingerprint density at radius 2 is 1.96 bits per heavy atom. The van der Waals surface area contributed by atoms with E-state index in [1.807, 2.05) is 6.07 Å². The van der Waals surface area contributed by atoms with E-state index in [0.717, 1.165) is 0 Å². The van der Waals surface area contributed by atoms with Crippen molar-refractivity contribution >= 4 is 23.5 Å². The molecule has 0 heterocycles. The van der Waals surface area contributed by atoms with E-state index in [4.69, 9.17) is 21.1 Å². The van der Waals surface area contributed by atoms with Crippen molar-refractivity contribution in [1.29, 1.82) is 5.26 Å². The number of hydrogen-bond acceptors (Lipinski definition) is 4. The maximum atomic E-state index is 13.3. The van der Waals surface area contributed by atoms with E-state index in [2.05, 4.69) is 0 Å². The predicted octanol–water partition coefficient (Wildman–Crippen LogP) is 5.59. The highest BCUT2D eigenvalue weighted by Crippen LogP contribution is 2.27. The summed E-state index contributed by atoms with van der Waals surface area (Å²) in [6, 6.07) is 11.3. The summed E-state index contributed by atoms with van der Waals surface area (Å²) in [5.74, 6) is 0.247. The van der Waals surface area contributed by atoms with Crippen LogP contribution in [-0.2, 0) is 11.4 Å². The lowest BCUT2D eigenvalue weighted by atomic mass is 9.86. The minimum absolute atomic E-state index is 0.0273. The lowest BCUT2D eigenvalue weighted by molar-refractivity contribution is -0.121. The minimum Gasteiger partial charge on any atom is -0.496 e. The van der Waals surface area contributed by atoms with E-state index in [1.54, 1.807) is 45.0 Å². The Hall–Kier alpha value is -2.84. The molecule has 146 valence electrons. The normalized spacial score (nSPS) is 11.7. The highest BCUT2D eigenvalue weighted by atomic mass is 35.5. The van der Waals surface area contributed by atoms with Crippen molar-refractivity contribution in [1.82, 2.24) is 0 Å². The zero-order valence-corrected chi connectivity index (χ0v) is 16.9. The van der Waals surface area contributed by atoms with Crippen LogP contribution in [0.4, 0.5) is 4.39 Å². The molecule has 0 spiro atoms. The molecule has 0 bridgehead atoms. The molecule has 0 fully saturated rings. The van der Waals surface area contributed by atoms with Crippen molar-refractivity contribution in [3.63, 3.8) is 0 Å². The zero-order valence-electron chi connectivity index (χ0n) is 16.2. The molecule has 0 aliphatic carbocycles. The first-order chi connectivity index (χ1) is 13.2. The molecular weight excluding hydrogens is 381 g/mol. The van der Waals surface area contributed by atoms with E-state index in [1.165, 1.54) is 25.3 Å². The fourth-order valence-corrected chi connectivity index (χ4v) is 2.62. The largest absolute Gasteiger partial charge is 0.496 e. The zero-order chi connectivity index (χ0) is 20.9. The lowest BCUT2D eigenvalue weighted by Crippen LogP contribution is -2.21. The maximum absolute atomic E-state index is 13.3. The number of ether oxygens (including phenoxy) is 2. The van der Waals surface area contributed by atoms with Gasteiger partial charge in [-0.15, -0.1) is 0 Å². The summed E-state index contributed by atoms with van der Waals surface area (Å²) in [4.78, 5) is 12.4. The number of halogens is 2. The molecule has 4 nitrogen and oxygen atoms in total. The van der Waals surface area contributed by atoms with Crippen LogP contribution in [0.3, 0.4) is 0 Å². The molecule has 0 saturated carbocycles. The van der Waals surface area contributed by atoms with Gasteiger partial charge in [0.05, 0.1) is 17.7 Å². The van der Waals surface area contributed by atoms with Gasteiger partial charge in [0.15, 0.2) is 5.78 Å². The summed E-state index contributed by atoms with van der Waals surface area (Å²) in [6.07, 6.45) is 1.55. The summed E-state index contributed by atoms with van der Waals surface area (Å²) < 4.78 is 24.3. The van der Waals surface area contributed by atoms with Crippen LogP contribution < -0.4 is 9.47 Å². The van der Waals surface area contributed by atoms with Crippen molar-refractivity contribution in [2.75, 3.05) is 7.11 Å². The summed E-state index contributed by atoms with van der Waals surface area (Å²) in [7, 11) is 1.53. The van der Waals surface area contributed by atoms with Crippen LogP contribution in [0.2, 0.25) is 5.02 Å². The van der Waals surface area contributed by atoms with Crippen LogP contribution in [0.15, 0.2) is 42.0 Å². The van der Waals surface area contributed by atoms with Gasteiger partial charge in [0.1, 0.15) is 30.0 Å². The Balaban J connectivity index is 2.30. The van der Waals surface area contributed by atoms with Crippen LogP contribution in [0, 0.1) is 22.6 Å². The summed E-state index contributed by atoms with van der Waals surface area (Å²) in [5.41, 5.74) is 0.805. The number of carbonyl (C=O) groups excluding carboxylic acids is 1. The highest BCUT2D eigenvalue weighted by Gasteiger charge is 2.25. The van der Waals surface area contributed by atoms with Gasteiger partial charge >= 0.3 is 0 Å². The molecule has 0 unspecified atom stereocenters. The number of nitrogens with zero attached hydrogens (tertiary/aromatic N) is 1. The molecule has 0 aromatic heterocycles. The van der Waals surface area contributed by atoms with Crippen molar-refractivity contribution in [3.05, 3.63) is 63.9 Å². The van der Waals surface area contributed by atoms with Gasteiger partial charge in [-0.25, -0.2) is 4.39 Å². The molecule has 0 amide bonds. The standard InChI is InChI=1S/C22H21ClFNO3/c1-22(2,3)21(26)15(12-25)9-14-5-8-20(27-4)16(10-14)13-28-17-6-7-19(24)18(23)11-17/h5-11H,13H2,1-4H3/b15-9+. The molecule has 28 heavy (non-hydrogen) atoms. The molecule has 0 atom stereocenters. The lowest BCUT2D eigenvalue weighted by Gasteiger charge is -2.16. The van der Waals surface area contributed by atoms with E-state index in [9.17, 15) is 14.4 Å². The second kappa shape index (κ2) is 8.90. The molecule has 0 aliphatic rings. The van der Waals surface area contributed by atoms with Crippen molar-refractivity contribution in [2.24, 2.45) is 5.41 Å². The summed E-state index contributed by atoms with van der Waals surface area (Å²) in [6.45, 7) is 5.44. The molecular formula is C22H21ClFNO3. The summed E-state index contributed by atoms with van der Waals surface area (Å²) >= 11 is 5.77. The van der Waals surface area contributed by atoms with Crippen LogP contribution in [0.5, 0.6) is 11.5 Å². The quantitative estimate of drug-likeness (QED) is 0.467. The maximum Gasteiger partial charge on any atom is 0.178 e. The fourth-order valence-electron chi connectivity index (χ4n) is 2.45. The average Bonchev–Trinajstić information content (AvgIpc) is 2.65. The molecule has 2 aromatic rings. The monoisotopic (exact) mass is 401 g/mol. The van der Waals surface area contributed by atoms with Gasteiger partial charge in [0.2, 0.25) is 0 Å². The minimum atomic E-state index is -0.651. The Labute approximate surface area is 169 Å². The number of ketones is 1. The Morgan fingerprint density at radius 3 is 2.54 bits per heavy atom. The van der Waals surface area contributed by atoms with E-state index < -0.39 is 11.2 Å². The number of Topliss-reactive ketones (excluding diaryl/α,β-unsaturated/α-hetero) is 1. The van der Waals surface area contributed by atoms with Crippen molar-refractivity contribution in [3.8, 4) is 17.6 Å². The number of hydrogen-bond donors (Lipinski definition) is 0. The fraction of sp³-hybridized carbons (Fsp3) is 0.273. The first-order valence-electron chi connectivity index (χ1n) is 8.57. The Morgan fingerprint density at radius 1 is 1.25 bits per heavy atom. The molecule has 2 rings (SSSR count). The number of benzene rings is 2. The molecule has 0 saturated heterocycles. The number of carbonyl (C=O) groups is 1. The number of methoxy groups -OCH3 is 1. The molecule has 0 radical (unpaired) electrons. The molecule has 6 heteroatoms. The van der Waals surface area contributed by atoms with Crippen LogP contribution in [0.25, 0.3) is 6.08 Å². The van der Waals surface area contributed by atoms with Gasteiger partial charge in [0, 0.05) is 17.0 Å². The first kappa shape index (κ1) is 21.5. The first-order valence-corrected chi connectivity index (χ1v) is 8.95. The number of rotatable bonds is 6. The Kier molecular flexibility index (Phi) is 6.82. The summed E-state index contributed by atoms with van der Waals surface area (Å²) in [5, 5.41) is 9.33. The van der Waals surface area contributed by atoms with Gasteiger partial charge in [-0.2, -0.15) is 5.26 Å². The van der Waals surface area contributed by atoms with Gasteiger partial charge in [0.25, 0.3) is 0 Å². The number of nitriles is 1. The third-order valence-corrected chi connectivity index (χ3v) is 4.24. The van der Waals surface area contributed by atoms with Crippen LogP contribution in [0.1, 0.15) is 31.9 Å². The SMILES string of the molecule is COc1ccc(/C=C(\C#N)C(=O)C(C)(C)C)cc1COc1ccc(F)c(Cl)c1. The van der Waals surface area contributed by atoms with Gasteiger partial charge in [-0.3, -0.25) is 4.79 Å². The smallest absolute Gasteiger partial charge is 0.178 e. The molecule has 0 N–H and O–H groups in total. The third kappa shape index (κ3) is 5.34.